The molecule has 0 aliphatic rings. The molecule has 3 nitrogen and oxygen atoms in total. The van der Waals surface area contributed by atoms with E-state index in [1.165, 1.54) is 26.4 Å². The fourth-order valence-corrected chi connectivity index (χ4v) is 2.97. The van der Waals surface area contributed by atoms with E-state index in [9.17, 15) is 17.6 Å². The van der Waals surface area contributed by atoms with Crippen molar-refractivity contribution < 1.29 is 31.8 Å². The summed E-state index contributed by atoms with van der Waals surface area (Å²) < 4.78 is 73.6. The lowest BCUT2D eigenvalue weighted by molar-refractivity contribution is 0.260. The number of aryl methyl sites for hydroxylation is 1. The maximum Gasteiger partial charge on any atom is 0.204 e. The van der Waals surface area contributed by atoms with Gasteiger partial charge in [0.05, 0.1) is 14.2 Å². The van der Waals surface area contributed by atoms with E-state index < -0.39 is 41.0 Å². The first kappa shape index (κ1) is 21.5. The van der Waals surface area contributed by atoms with Gasteiger partial charge in [-0.3, -0.25) is 0 Å². The van der Waals surface area contributed by atoms with Crippen molar-refractivity contribution in [2.45, 2.75) is 20.0 Å². The summed E-state index contributed by atoms with van der Waals surface area (Å²) in [5.41, 5.74) is 1.18. The van der Waals surface area contributed by atoms with Crippen LogP contribution in [0.2, 0.25) is 0 Å². The molecule has 0 unspecified atom stereocenters. The predicted octanol–water partition coefficient (Wildman–Crippen LogP) is 5.74. The van der Waals surface area contributed by atoms with Gasteiger partial charge >= 0.3 is 0 Å². The van der Waals surface area contributed by atoms with Crippen LogP contribution in [0, 0.1) is 30.2 Å². The highest BCUT2D eigenvalue weighted by Crippen LogP contribution is 2.34. The average Bonchev–Trinajstić information content (AvgIpc) is 2.76. The van der Waals surface area contributed by atoms with Crippen LogP contribution < -0.4 is 14.2 Å². The lowest BCUT2D eigenvalue weighted by Crippen LogP contribution is -2.09. The Morgan fingerprint density at radius 1 is 0.767 bits per heavy atom. The maximum atomic E-state index is 14.6. The highest BCUT2D eigenvalue weighted by molar-refractivity contribution is 5.45. The van der Waals surface area contributed by atoms with E-state index in [0.29, 0.717) is 16.9 Å². The molecule has 0 saturated heterocycles. The van der Waals surface area contributed by atoms with Crippen LogP contribution >= 0.6 is 0 Å². The zero-order valence-electron chi connectivity index (χ0n) is 16.7. The molecule has 0 amide bonds. The number of hydrogen-bond acceptors (Lipinski definition) is 3. The standard InChI is InChI=1S/C23H20F4O3/c1-13-4-6-14(7-5-13)12-30-23-21(26)19(24)17(20(25)22(23)27)10-15-8-9-16(28-2)11-18(15)29-3/h4-9,11H,10,12H2,1-3H3. The fourth-order valence-electron chi connectivity index (χ4n) is 2.97. The largest absolute Gasteiger partial charge is 0.497 e. The average molecular weight is 420 g/mol. The maximum absolute atomic E-state index is 14.6. The van der Waals surface area contributed by atoms with E-state index in [2.05, 4.69) is 0 Å². The van der Waals surface area contributed by atoms with Gasteiger partial charge < -0.3 is 14.2 Å². The third-order valence-corrected chi connectivity index (χ3v) is 4.68. The molecule has 0 N–H and O–H groups in total. The highest BCUT2D eigenvalue weighted by Gasteiger charge is 2.27. The first-order valence-electron chi connectivity index (χ1n) is 9.09. The zero-order valence-corrected chi connectivity index (χ0v) is 16.7. The second-order valence-electron chi connectivity index (χ2n) is 6.69. The van der Waals surface area contributed by atoms with Gasteiger partial charge in [0, 0.05) is 18.1 Å². The highest BCUT2D eigenvalue weighted by atomic mass is 19.2. The van der Waals surface area contributed by atoms with Crippen LogP contribution in [0.25, 0.3) is 0 Å². The summed E-state index contributed by atoms with van der Waals surface area (Å²) >= 11 is 0. The van der Waals surface area contributed by atoms with E-state index in [-0.39, 0.29) is 12.4 Å². The molecule has 0 saturated carbocycles. The minimum Gasteiger partial charge on any atom is -0.497 e. The van der Waals surface area contributed by atoms with Crippen molar-refractivity contribution in [3.8, 4) is 17.2 Å². The SMILES string of the molecule is COc1ccc(Cc2c(F)c(F)c(OCc3ccc(C)cc3)c(F)c2F)c(OC)c1. The Bertz CT molecular complexity index is 1020. The monoisotopic (exact) mass is 420 g/mol. The number of rotatable bonds is 7. The van der Waals surface area contributed by atoms with Gasteiger partial charge in [-0.1, -0.05) is 35.9 Å². The topological polar surface area (TPSA) is 27.7 Å². The van der Waals surface area contributed by atoms with Crippen LogP contribution in [0.15, 0.2) is 42.5 Å². The van der Waals surface area contributed by atoms with Gasteiger partial charge in [-0.05, 0) is 24.1 Å². The Morgan fingerprint density at radius 2 is 1.40 bits per heavy atom. The van der Waals surface area contributed by atoms with Crippen LogP contribution in [0.1, 0.15) is 22.3 Å². The molecule has 3 aromatic carbocycles. The van der Waals surface area contributed by atoms with Crippen LogP contribution in [0.5, 0.6) is 17.2 Å². The summed E-state index contributed by atoms with van der Waals surface area (Å²) in [6.07, 6.45) is -0.420. The smallest absolute Gasteiger partial charge is 0.204 e. The van der Waals surface area contributed by atoms with Gasteiger partial charge in [0.2, 0.25) is 11.6 Å². The molecule has 0 heterocycles. The quantitative estimate of drug-likeness (QED) is 0.360. The van der Waals surface area contributed by atoms with Crippen molar-refractivity contribution in [3.05, 3.63) is 88.0 Å². The Kier molecular flexibility index (Phi) is 6.50. The lowest BCUT2D eigenvalue weighted by atomic mass is 10.0. The van der Waals surface area contributed by atoms with Crippen LogP contribution in [-0.2, 0) is 13.0 Å². The van der Waals surface area contributed by atoms with Crippen molar-refractivity contribution in [2.24, 2.45) is 0 Å². The Balaban J connectivity index is 1.91. The molecule has 0 fully saturated rings. The first-order chi connectivity index (χ1) is 14.3. The second-order valence-corrected chi connectivity index (χ2v) is 6.69. The minimum atomic E-state index is -1.58. The molecule has 158 valence electrons. The van der Waals surface area contributed by atoms with Crippen molar-refractivity contribution in [1.82, 2.24) is 0 Å². The number of halogens is 4. The lowest BCUT2D eigenvalue weighted by Gasteiger charge is -2.15. The summed E-state index contributed by atoms with van der Waals surface area (Å²) in [7, 11) is 2.82. The molecule has 7 heteroatoms. The van der Waals surface area contributed by atoms with Gasteiger partial charge in [0.25, 0.3) is 0 Å². The van der Waals surface area contributed by atoms with Crippen molar-refractivity contribution >= 4 is 0 Å². The predicted molar refractivity (Wildman–Crippen MR) is 104 cm³/mol. The minimum absolute atomic E-state index is 0.237. The van der Waals surface area contributed by atoms with Crippen molar-refractivity contribution in [3.63, 3.8) is 0 Å². The van der Waals surface area contributed by atoms with Gasteiger partial charge in [0.1, 0.15) is 18.1 Å². The number of hydrogen-bond donors (Lipinski definition) is 0. The van der Waals surface area contributed by atoms with E-state index in [1.54, 1.807) is 30.3 Å². The van der Waals surface area contributed by atoms with Gasteiger partial charge in [-0.2, -0.15) is 8.78 Å². The first-order valence-corrected chi connectivity index (χ1v) is 9.09. The third-order valence-electron chi connectivity index (χ3n) is 4.68. The number of ether oxygens (including phenoxy) is 3. The normalized spacial score (nSPS) is 10.8. The second kappa shape index (κ2) is 9.07. The molecular formula is C23H20F4O3. The Hall–Kier alpha value is -3.22. The van der Waals surface area contributed by atoms with E-state index in [0.717, 1.165) is 5.56 Å². The Morgan fingerprint density at radius 3 is 1.97 bits per heavy atom. The molecule has 0 radical (unpaired) electrons. The van der Waals surface area contributed by atoms with Crippen LogP contribution in [-0.4, -0.2) is 14.2 Å². The van der Waals surface area contributed by atoms with Gasteiger partial charge in [0.15, 0.2) is 17.4 Å². The molecule has 0 aliphatic carbocycles. The Labute approximate surface area is 171 Å². The summed E-state index contributed by atoms with van der Waals surface area (Å²) in [6, 6.07) is 11.5. The molecule has 0 spiro atoms. The van der Waals surface area contributed by atoms with Crippen molar-refractivity contribution in [1.29, 1.82) is 0 Å². The molecular weight excluding hydrogens is 400 g/mol. The molecule has 3 rings (SSSR count). The molecule has 30 heavy (non-hydrogen) atoms. The zero-order chi connectivity index (χ0) is 21.8. The van der Waals surface area contributed by atoms with E-state index in [1.807, 2.05) is 6.92 Å². The number of benzene rings is 3. The van der Waals surface area contributed by atoms with Crippen LogP contribution in [0.4, 0.5) is 17.6 Å². The van der Waals surface area contributed by atoms with Crippen molar-refractivity contribution in [2.75, 3.05) is 14.2 Å². The third kappa shape index (κ3) is 4.35. The van der Waals surface area contributed by atoms with Crippen LogP contribution in [0.3, 0.4) is 0 Å². The summed E-state index contributed by atoms with van der Waals surface area (Å²) in [4.78, 5) is 0. The molecule has 0 aliphatic heterocycles. The van der Waals surface area contributed by atoms with Gasteiger partial charge in [-0.25, -0.2) is 8.78 Å². The molecule has 0 bridgehead atoms. The molecule has 0 atom stereocenters. The van der Waals surface area contributed by atoms with Gasteiger partial charge in [-0.15, -0.1) is 0 Å². The summed E-state index contributed by atoms with van der Waals surface area (Å²) in [6.45, 7) is 1.64. The summed E-state index contributed by atoms with van der Waals surface area (Å²) in [5, 5.41) is 0. The van der Waals surface area contributed by atoms with E-state index >= 15 is 0 Å². The number of methoxy groups -OCH3 is 2. The summed E-state index contributed by atoms with van der Waals surface area (Å²) in [5.74, 6) is -6.53. The fraction of sp³-hybridized carbons (Fsp3) is 0.217. The van der Waals surface area contributed by atoms with E-state index in [4.69, 9.17) is 14.2 Å². The molecule has 0 aromatic heterocycles. The molecule has 3 aromatic rings.